The van der Waals surface area contributed by atoms with Gasteiger partial charge in [-0.2, -0.15) is 0 Å². The molecule has 2 aromatic heterocycles. The molecular weight excluding hydrogens is 412 g/mol. The minimum absolute atomic E-state index is 0.0566. The van der Waals surface area contributed by atoms with Crippen LogP contribution in [0.2, 0.25) is 0 Å². The molecule has 0 aliphatic rings. The van der Waals surface area contributed by atoms with Gasteiger partial charge in [-0.15, -0.1) is 0 Å². The van der Waals surface area contributed by atoms with Crippen molar-refractivity contribution < 1.29 is 24.2 Å². The minimum atomic E-state index is -0.535. The van der Waals surface area contributed by atoms with Gasteiger partial charge in [0.25, 0.3) is 5.91 Å². The first-order chi connectivity index (χ1) is 15.2. The molecule has 32 heavy (non-hydrogen) atoms. The largest absolute Gasteiger partial charge is 0.394 e. The highest BCUT2D eigenvalue weighted by molar-refractivity contribution is 6.04. The maximum atomic E-state index is 12.6. The third-order valence-corrected chi connectivity index (χ3v) is 4.52. The lowest BCUT2D eigenvalue weighted by atomic mass is 9.89. The molecule has 0 fully saturated rings. The summed E-state index contributed by atoms with van der Waals surface area (Å²) < 4.78 is 6.66. The SMILES string of the molecule is CC(C)(C)C(=O)c1cn2cc(NC(=O)c3ccc(NC(=O)COCCO)cc3)ccc2n1. The molecule has 3 rings (SSSR count). The number of hydrogen-bond donors (Lipinski definition) is 3. The third kappa shape index (κ3) is 5.77. The fraction of sp³-hybridized carbons (Fsp3) is 0.304. The van der Waals surface area contributed by atoms with E-state index in [0.29, 0.717) is 28.3 Å². The second-order valence-corrected chi connectivity index (χ2v) is 8.24. The van der Waals surface area contributed by atoms with Crippen LogP contribution in [-0.2, 0) is 9.53 Å². The van der Waals surface area contributed by atoms with Crippen LogP contribution in [-0.4, -0.2) is 51.9 Å². The number of imidazole rings is 1. The molecule has 0 aliphatic carbocycles. The van der Waals surface area contributed by atoms with Crippen molar-refractivity contribution in [2.75, 3.05) is 30.5 Å². The van der Waals surface area contributed by atoms with Gasteiger partial charge in [-0.05, 0) is 36.4 Å². The van der Waals surface area contributed by atoms with E-state index in [1.54, 1.807) is 53.2 Å². The van der Waals surface area contributed by atoms with Gasteiger partial charge in [0.1, 0.15) is 17.9 Å². The van der Waals surface area contributed by atoms with Gasteiger partial charge in [-0.3, -0.25) is 14.4 Å². The first-order valence-electron chi connectivity index (χ1n) is 10.1. The normalized spacial score (nSPS) is 11.4. The lowest BCUT2D eigenvalue weighted by molar-refractivity contribution is -0.120. The molecule has 0 saturated carbocycles. The zero-order valence-corrected chi connectivity index (χ0v) is 18.2. The van der Waals surface area contributed by atoms with Gasteiger partial charge < -0.3 is 24.9 Å². The molecule has 168 valence electrons. The van der Waals surface area contributed by atoms with E-state index >= 15 is 0 Å². The number of aromatic nitrogens is 2. The van der Waals surface area contributed by atoms with E-state index in [-0.39, 0.29) is 37.4 Å². The standard InChI is InChI=1S/C23H26N4O5/c1-23(2,3)21(30)18-13-27-12-17(8-9-19(27)26-18)25-22(31)15-4-6-16(7-5-15)24-20(29)14-32-11-10-28/h4-9,12-13,28H,10-11,14H2,1-3H3,(H,24,29)(H,25,31). The Balaban J connectivity index is 1.65. The van der Waals surface area contributed by atoms with Gasteiger partial charge in [0.2, 0.25) is 5.91 Å². The van der Waals surface area contributed by atoms with E-state index in [0.717, 1.165) is 0 Å². The van der Waals surface area contributed by atoms with E-state index in [1.165, 1.54) is 0 Å². The molecule has 0 bridgehead atoms. The number of fused-ring (bicyclic) bond motifs is 1. The number of aliphatic hydroxyl groups is 1. The Bertz CT molecular complexity index is 1130. The monoisotopic (exact) mass is 438 g/mol. The van der Waals surface area contributed by atoms with Crippen LogP contribution in [0.3, 0.4) is 0 Å². The molecule has 0 spiro atoms. The average Bonchev–Trinajstić information content (AvgIpc) is 3.16. The Kier molecular flexibility index (Phi) is 7.01. The first kappa shape index (κ1) is 23.1. The van der Waals surface area contributed by atoms with E-state index in [4.69, 9.17) is 9.84 Å². The molecule has 0 unspecified atom stereocenters. The van der Waals surface area contributed by atoms with E-state index in [9.17, 15) is 14.4 Å². The van der Waals surface area contributed by atoms with Crippen LogP contribution in [0.25, 0.3) is 5.65 Å². The molecule has 3 N–H and O–H groups in total. The summed E-state index contributed by atoms with van der Waals surface area (Å²) in [4.78, 5) is 41.1. The van der Waals surface area contributed by atoms with Crippen LogP contribution >= 0.6 is 0 Å². The van der Waals surface area contributed by atoms with Gasteiger partial charge in [0, 0.05) is 29.1 Å². The van der Waals surface area contributed by atoms with Gasteiger partial charge in [-0.25, -0.2) is 4.98 Å². The Hall–Kier alpha value is -3.56. The zero-order chi connectivity index (χ0) is 23.3. The summed E-state index contributed by atoms with van der Waals surface area (Å²) in [5.74, 6) is -0.730. The van der Waals surface area contributed by atoms with Crippen molar-refractivity contribution in [2.24, 2.45) is 5.41 Å². The molecule has 0 atom stereocenters. The number of anilines is 2. The van der Waals surface area contributed by atoms with Crippen LogP contribution < -0.4 is 10.6 Å². The molecule has 2 heterocycles. The zero-order valence-electron chi connectivity index (χ0n) is 18.2. The number of hydrogen-bond acceptors (Lipinski definition) is 6. The smallest absolute Gasteiger partial charge is 0.255 e. The lowest BCUT2D eigenvalue weighted by Gasteiger charge is -2.13. The maximum absolute atomic E-state index is 12.6. The number of Topliss-reactive ketones (excluding diaryl/α,β-unsaturated/α-hetero) is 1. The number of benzene rings is 1. The van der Waals surface area contributed by atoms with Gasteiger partial charge in [0.05, 0.1) is 18.9 Å². The molecule has 9 heteroatoms. The lowest BCUT2D eigenvalue weighted by Crippen LogP contribution is -2.20. The molecule has 0 saturated heterocycles. The van der Waals surface area contributed by atoms with Gasteiger partial charge in [-0.1, -0.05) is 20.8 Å². The summed E-state index contributed by atoms with van der Waals surface area (Å²) in [5.41, 5.74) is 1.93. The molecule has 9 nitrogen and oxygen atoms in total. The molecule has 3 aromatic rings. The van der Waals surface area contributed by atoms with Crippen LogP contribution in [0.1, 0.15) is 41.6 Å². The van der Waals surface area contributed by atoms with Crippen LogP contribution in [0, 0.1) is 5.41 Å². The topological polar surface area (TPSA) is 122 Å². The average molecular weight is 438 g/mol. The third-order valence-electron chi connectivity index (χ3n) is 4.52. The fourth-order valence-corrected chi connectivity index (χ4v) is 2.89. The highest BCUT2D eigenvalue weighted by Gasteiger charge is 2.25. The molecular formula is C23H26N4O5. The van der Waals surface area contributed by atoms with Crippen molar-refractivity contribution in [2.45, 2.75) is 20.8 Å². The van der Waals surface area contributed by atoms with E-state index < -0.39 is 5.41 Å². The maximum Gasteiger partial charge on any atom is 0.255 e. The quantitative estimate of drug-likeness (QED) is 0.367. The molecule has 2 amide bonds. The van der Waals surface area contributed by atoms with Crippen LogP contribution in [0.4, 0.5) is 11.4 Å². The predicted molar refractivity (Wildman–Crippen MR) is 120 cm³/mol. The highest BCUT2D eigenvalue weighted by atomic mass is 16.5. The number of carbonyl (C=O) groups excluding carboxylic acids is 3. The number of aliphatic hydroxyl groups excluding tert-OH is 1. The van der Waals surface area contributed by atoms with Crippen molar-refractivity contribution in [3.05, 3.63) is 60.0 Å². The Morgan fingerprint density at radius 1 is 1.00 bits per heavy atom. The van der Waals surface area contributed by atoms with Crippen molar-refractivity contribution in [3.63, 3.8) is 0 Å². The van der Waals surface area contributed by atoms with Gasteiger partial charge >= 0.3 is 0 Å². The number of amides is 2. The Morgan fingerprint density at radius 2 is 1.69 bits per heavy atom. The van der Waals surface area contributed by atoms with Crippen LogP contribution in [0.5, 0.6) is 0 Å². The minimum Gasteiger partial charge on any atom is -0.394 e. The van der Waals surface area contributed by atoms with Crippen molar-refractivity contribution >= 4 is 34.6 Å². The number of rotatable bonds is 8. The van der Waals surface area contributed by atoms with Crippen molar-refractivity contribution in [3.8, 4) is 0 Å². The molecule has 0 radical (unpaired) electrons. The summed E-state index contributed by atoms with van der Waals surface area (Å²) in [6, 6.07) is 9.86. The number of ketones is 1. The first-order valence-corrected chi connectivity index (χ1v) is 10.1. The predicted octanol–water partition coefficient (Wildman–Crippen LogP) is 2.76. The van der Waals surface area contributed by atoms with E-state index in [1.807, 2.05) is 20.8 Å². The number of pyridine rings is 1. The second kappa shape index (κ2) is 9.71. The summed E-state index contributed by atoms with van der Waals surface area (Å²) in [6.45, 7) is 5.29. The number of ether oxygens (including phenoxy) is 1. The summed E-state index contributed by atoms with van der Waals surface area (Å²) >= 11 is 0. The second-order valence-electron chi connectivity index (χ2n) is 8.24. The van der Waals surface area contributed by atoms with Crippen molar-refractivity contribution in [1.29, 1.82) is 0 Å². The number of carbonyl (C=O) groups is 3. The Morgan fingerprint density at radius 3 is 2.34 bits per heavy atom. The highest BCUT2D eigenvalue weighted by Crippen LogP contribution is 2.21. The van der Waals surface area contributed by atoms with Crippen molar-refractivity contribution in [1.82, 2.24) is 9.38 Å². The molecule has 1 aromatic carbocycles. The molecule has 0 aliphatic heterocycles. The number of nitrogens with zero attached hydrogens (tertiary/aromatic N) is 2. The summed E-state index contributed by atoms with van der Waals surface area (Å²) in [6.07, 6.45) is 3.35. The van der Waals surface area contributed by atoms with Crippen LogP contribution in [0.15, 0.2) is 48.8 Å². The summed E-state index contributed by atoms with van der Waals surface area (Å²) in [7, 11) is 0. The van der Waals surface area contributed by atoms with E-state index in [2.05, 4.69) is 15.6 Å². The summed E-state index contributed by atoms with van der Waals surface area (Å²) in [5, 5.41) is 14.1. The number of nitrogens with one attached hydrogen (secondary N) is 2. The Labute approximate surface area is 185 Å². The van der Waals surface area contributed by atoms with Gasteiger partial charge in [0.15, 0.2) is 5.78 Å². The fourth-order valence-electron chi connectivity index (χ4n) is 2.89.